The summed E-state index contributed by atoms with van der Waals surface area (Å²) in [6, 6.07) is 4.44. The quantitative estimate of drug-likeness (QED) is 0.610. The lowest BCUT2D eigenvalue weighted by atomic mass is 10.3. The molecule has 0 spiro atoms. The topological polar surface area (TPSA) is 55.1 Å². The maximum absolute atomic E-state index is 13.3. The first-order chi connectivity index (χ1) is 7.04. The molecule has 0 saturated carbocycles. The van der Waals surface area contributed by atoms with Crippen molar-refractivity contribution in [2.24, 2.45) is 0 Å². The highest BCUT2D eigenvalue weighted by molar-refractivity contribution is 8.00. The van der Waals surface area contributed by atoms with Crippen molar-refractivity contribution in [2.45, 2.75) is 17.1 Å². The molecule has 0 bridgehead atoms. The summed E-state index contributed by atoms with van der Waals surface area (Å²) in [6.07, 6.45) is 0. The highest BCUT2D eigenvalue weighted by Gasteiger charge is 2.14. The molecule has 1 unspecified atom stereocenters. The largest absolute Gasteiger partial charge is 0.399 e. The van der Waals surface area contributed by atoms with Gasteiger partial charge in [0, 0.05) is 17.6 Å². The van der Waals surface area contributed by atoms with Gasteiger partial charge in [0.05, 0.1) is 5.25 Å². The van der Waals surface area contributed by atoms with Gasteiger partial charge in [-0.25, -0.2) is 4.39 Å². The number of nitrogens with two attached hydrogens (primary N) is 1. The number of thioether (sulfide) groups is 1. The molecule has 0 heterocycles. The second kappa shape index (κ2) is 5.02. The molecule has 0 aliphatic carbocycles. The molecular weight excluding hydrogens is 215 g/mol. The van der Waals surface area contributed by atoms with Crippen LogP contribution in [0.15, 0.2) is 23.1 Å². The average molecular weight is 228 g/mol. The minimum atomic E-state index is -0.393. The van der Waals surface area contributed by atoms with Gasteiger partial charge in [0.1, 0.15) is 5.82 Å². The average Bonchev–Trinajstić information content (AvgIpc) is 2.20. The summed E-state index contributed by atoms with van der Waals surface area (Å²) in [4.78, 5) is 11.6. The van der Waals surface area contributed by atoms with Crippen molar-refractivity contribution in [3.63, 3.8) is 0 Å². The number of carbonyl (C=O) groups is 1. The molecule has 0 aliphatic heterocycles. The molecule has 1 aromatic rings. The molecule has 1 amide bonds. The van der Waals surface area contributed by atoms with E-state index in [2.05, 4.69) is 5.32 Å². The Morgan fingerprint density at radius 1 is 1.60 bits per heavy atom. The van der Waals surface area contributed by atoms with Crippen LogP contribution in [0.1, 0.15) is 6.92 Å². The van der Waals surface area contributed by atoms with E-state index in [0.29, 0.717) is 10.6 Å². The summed E-state index contributed by atoms with van der Waals surface area (Å²) < 4.78 is 13.3. The fourth-order valence-electron chi connectivity index (χ4n) is 1.06. The van der Waals surface area contributed by atoms with Crippen molar-refractivity contribution in [1.29, 1.82) is 0 Å². The third kappa shape index (κ3) is 3.13. The fourth-order valence-corrected chi connectivity index (χ4v) is 1.98. The standard InChI is InChI=1S/C10H13FN2OS/c1-6(10(14)13-2)15-9-4-3-7(12)5-8(9)11/h3-6H,12H2,1-2H3,(H,13,14). The van der Waals surface area contributed by atoms with Crippen LogP contribution in [0.4, 0.5) is 10.1 Å². The van der Waals surface area contributed by atoms with E-state index >= 15 is 0 Å². The predicted octanol–water partition coefficient (Wildman–Crippen LogP) is 1.63. The number of nitrogens with one attached hydrogen (secondary N) is 1. The van der Waals surface area contributed by atoms with Gasteiger partial charge in [0.15, 0.2) is 0 Å². The lowest BCUT2D eigenvalue weighted by Gasteiger charge is -2.10. The van der Waals surface area contributed by atoms with Gasteiger partial charge < -0.3 is 11.1 Å². The Morgan fingerprint density at radius 2 is 2.27 bits per heavy atom. The van der Waals surface area contributed by atoms with Crippen LogP contribution in [-0.4, -0.2) is 18.2 Å². The summed E-state index contributed by atoms with van der Waals surface area (Å²) in [6.45, 7) is 1.72. The number of rotatable bonds is 3. The molecule has 82 valence electrons. The summed E-state index contributed by atoms with van der Waals surface area (Å²) in [5.74, 6) is -0.521. The second-order valence-corrected chi connectivity index (χ2v) is 4.45. The van der Waals surface area contributed by atoms with Crippen LogP contribution in [0.2, 0.25) is 0 Å². The molecule has 0 aliphatic rings. The third-order valence-electron chi connectivity index (χ3n) is 1.88. The van der Waals surface area contributed by atoms with E-state index in [9.17, 15) is 9.18 Å². The highest BCUT2D eigenvalue weighted by atomic mass is 32.2. The molecule has 3 N–H and O–H groups in total. The highest BCUT2D eigenvalue weighted by Crippen LogP contribution is 2.27. The first kappa shape index (κ1) is 11.8. The number of hydrogen-bond donors (Lipinski definition) is 2. The minimum Gasteiger partial charge on any atom is -0.399 e. The van der Waals surface area contributed by atoms with E-state index in [1.807, 2.05) is 0 Å². The molecule has 15 heavy (non-hydrogen) atoms. The molecule has 0 fully saturated rings. The van der Waals surface area contributed by atoms with Gasteiger partial charge in [-0.1, -0.05) is 0 Å². The van der Waals surface area contributed by atoms with Gasteiger partial charge in [0.2, 0.25) is 5.91 Å². The van der Waals surface area contributed by atoms with Crippen LogP contribution in [0.5, 0.6) is 0 Å². The Morgan fingerprint density at radius 3 is 2.80 bits per heavy atom. The van der Waals surface area contributed by atoms with Crippen LogP contribution in [-0.2, 0) is 4.79 Å². The molecule has 1 atom stereocenters. The molecule has 5 heteroatoms. The summed E-state index contributed by atoms with van der Waals surface area (Å²) in [5, 5.41) is 2.18. The molecule has 1 aromatic carbocycles. The third-order valence-corrected chi connectivity index (χ3v) is 3.03. The van der Waals surface area contributed by atoms with E-state index in [1.165, 1.54) is 17.8 Å². The Kier molecular flexibility index (Phi) is 3.96. The maximum Gasteiger partial charge on any atom is 0.232 e. The number of nitrogen functional groups attached to an aromatic ring is 1. The number of carbonyl (C=O) groups excluding carboxylic acids is 1. The van der Waals surface area contributed by atoms with Crippen molar-refractivity contribution >= 4 is 23.4 Å². The number of anilines is 1. The van der Waals surface area contributed by atoms with E-state index in [1.54, 1.807) is 26.1 Å². The van der Waals surface area contributed by atoms with E-state index in [-0.39, 0.29) is 11.2 Å². The van der Waals surface area contributed by atoms with Gasteiger partial charge in [-0.3, -0.25) is 4.79 Å². The monoisotopic (exact) mass is 228 g/mol. The zero-order chi connectivity index (χ0) is 11.4. The van der Waals surface area contributed by atoms with Gasteiger partial charge in [-0.15, -0.1) is 11.8 Å². The van der Waals surface area contributed by atoms with Crippen molar-refractivity contribution in [3.05, 3.63) is 24.0 Å². The predicted molar refractivity (Wildman–Crippen MR) is 60.2 cm³/mol. The fraction of sp³-hybridized carbons (Fsp3) is 0.300. The number of halogens is 1. The minimum absolute atomic E-state index is 0.128. The Bertz CT molecular complexity index is 370. The first-order valence-electron chi connectivity index (χ1n) is 4.48. The molecule has 0 aromatic heterocycles. The van der Waals surface area contributed by atoms with Gasteiger partial charge in [-0.05, 0) is 25.1 Å². The normalized spacial score (nSPS) is 12.2. The molecular formula is C10H13FN2OS. The van der Waals surface area contributed by atoms with Crippen LogP contribution >= 0.6 is 11.8 Å². The lowest BCUT2D eigenvalue weighted by molar-refractivity contribution is -0.119. The zero-order valence-electron chi connectivity index (χ0n) is 8.58. The zero-order valence-corrected chi connectivity index (χ0v) is 9.40. The first-order valence-corrected chi connectivity index (χ1v) is 5.36. The summed E-state index contributed by atoms with van der Waals surface area (Å²) in [7, 11) is 1.55. The van der Waals surface area contributed by atoms with Crippen LogP contribution in [0, 0.1) is 5.82 Å². The number of benzene rings is 1. The Balaban J connectivity index is 2.76. The maximum atomic E-state index is 13.3. The smallest absolute Gasteiger partial charge is 0.232 e. The van der Waals surface area contributed by atoms with E-state index in [4.69, 9.17) is 5.73 Å². The SMILES string of the molecule is CNC(=O)C(C)Sc1ccc(N)cc1F. The second-order valence-electron chi connectivity index (χ2n) is 3.06. The van der Waals surface area contributed by atoms with E-state index in [0.717, 1.165) is 0 Å². The van der Waals surface area contributed by atoms with Gasteiger partial charge >= 0.3 is 0 Å². The van der Waals surface area contributed by atoms with E-state index < -0.39 is 5.82 Å². The van der Waals surface area contributed by atoms with Gasteiger partial charge in [0.25, 0.3) is 0 Å². The van der Waals surface area contributed by atoms with Crippen molar-refractivity contribution in [2.75, 3.05) is 12.8 Å². The molecule has 0 saturated heterocycles. The Labute approximate surface area is 92.2 Å². The lowest BCUT2D eigenvalue weighted by Crippen LogP contribution is -2.27. The molecule has 0 radical (unpaired) electrons. The Hall–Kier alpha value is -1.23. The number of hydrogen-bond acceptors (Lipinski definition) is 3. The van der Waals surface area contributed by atoms with Crippen LogP contribution in [0.3, 0.4) is 0 Å². The number of amides is 1. The summed E-state index contributed by atoms with van der Waals surface area (Å²) >= 11 is 1.17. The van der Waals surface area contributed by atoms with Crippen molar-refractivity contribution in [1.82, 2.24) is 5.32 Å². The summed E-state index contributed by atoms with van der Waals surface area (Å²) in [5.41, 5.74) is 5.79. The van der Waals surface area contributed by atoms with Crippen molar-refractivity contribution < 1.29 is 9.18 Å². The van der Waals surface area contributed by atoms with Crippen LogP contribution in [0.25, 0.3) is 0 Å². The van der Waals surface area contributed by atoms with Gasteiger partial charge in [-0.2, -0.15) is 0 Å². The van der Waals surface area contributed by atoms with Crippen LogP contribution < -0.4 is 11.1 Å². The molecule has 1 rings (SSSR count). The van der Waals surface area contributed by atoms with Crippen molar-refractivity contribution in [3.8, 4) is 0 Å². The molecule has 3 nitrogen and oxygen atoms in total.